The molecule has 0 amide bonds. The summed E-state index contributed by atoms with van der Waals surface area (Å²) in [6, 6.07) is 4.02. The average Bonchev–Trinajstić information content (AvgIpc) is 3.15. The van der Waals surface area contributed by atoms with Gasteiger partial charge in [-0.2, -0.15) is 0 Å². The Morgan fingerprint density at radius 1 is 1.39 bits per heavy atom. The van der Waals surface area contributed by atoms with E-state index in [1.165, 1.54) is 0 Å². The molecule has 28 heavy (non-hydrogen) atoms. The fourth-order valence-electron chi connectivity index (χ4n) is 3.42. The van der Waals surface area contributed by atoms with Crippen LogP contribution in [0.3, 0.4) is 0 Å². The number of aromatic nitrogens is 3. The van der Waals surface area contributed by atoms with Crippen LogP contribution in [0.5, 0.6) is 0 Å². The van der Waals surface area contributed by atoms with Gasteiger partial charge in [0.1, 0.15) is 11.6 Å². The van der Waals surface area contributed by atoms with Crippen LogP contribution >= 0.6 is 0 Å². The minimum Gasteiger partial charge on any atom is -0.466 e. The van der Waals surface area contributed by atoms with Crippen molar-refractivity contribution < 1.29 is 9.53 Å². The summed E-state index contributed by atoms with van der Waals surface area (Å²) < 4.78 is 7.13. The molecule has 0 saturated carbocycles. The van der Waals surface area contributed by atoms with E-state index >= 15 is 0 Å². The third kappa shape index (κ3) is 4.68. The summed E-state index contributed by atoms with van der Waals surface area (Å²) in [5.41, 5.74) is 1.06. The standard InChI is InChI=1S/C20H28N6O2/c1-4-28-19(27)17-6-5-10-25(14-17)20(21-3)24-13-16-7-8-18(23-12-16)26-11-9-22-15(26)2/h7-9,11-12,17H,4-6,10,13-14H2,1-3H3,(H,21,24). The predicted octanol–water partition coefficient (Wildman–Crippen LogP) is 1.93. The summed E-state index contributed by atoms with van der Waals surface area (Å²) in [6.45, 7) is 6.34. The van der Waals surface area contributed by atoms with Crippen LogP contribution < -0.4 is 5.32 Å². The van der Waals surface area contributed by atoms with Crippen molar-refractivity contribution in [2.24, 2.45) is 10.9 Å². The van der Waals surface area contributed by atoms with E-state index in [0.717, 1.165) is 42.6 Å². The van der Waals surface area contributed by atoms with E-state index in [1.54, 1.807) is 13.2 Å². The van der Waals surface area contributed by atoms with E-state index < -0.39 is 0 Å². The number of guanidine groups is 1. The molecule has 1 saturated heterocycles. The number of aryl methyl sites for hydroxylation is 1. The van der Waals surface area contributed by atoms with Crippen molar-refractivity contribution >= 4 is 11.9 Å². The number of rotatable bonds is 5. The van der Waals surface area contributed by atoms with Gasteiger partial charge in [-0.1, -0.05) is 6.07 Å². The second-order valence-corrected chi connectivity index (χ2v) is 6.81. The molecule has 0 spiro atoms. The van der Waals surface area contributed by atoms with Crippen molar-refractivity contribution in [3.8, 4) is 5.82 Å². The number of imidazole rings is 1. The molecular weight excluding hydrogens is 356 g/mol. The number of carbonyl (C=O) groups is 1. The molecular formula is C20H28N6O2. The average molecular weight is 384 g/mol. The van der Waals surface area contributed by atoms with Crippen LogP contribution in [-0.4, -0.2) is 58.1 Å². The molecule has 8 nitrogen and oxygen atoms in total. The Kier molecular flexibility index (Phi) is 6.62. The molecule has 1 N–H and O–H groups in total. The molecule has 0 radical (unpaired) electrons. The first-order valence-corrected chi connectivity index (χ1v) is 9.69. The Morgan fingerprint density at radius 2 is 2.25 bits per heavy atom. The lowest BCUT2D eigenvalue weighted by Gasteiger charge is -2.33. The summed E-state index contributed by atoms with van der Waals surface area (Å²) >= 11 is 0. The zero-order valence-electron chi connectivity index (χ0n) is 16.8. The number of carbonyl (C=O) groups excluding carboxylic acids is 1. The maximum atomic E-state index is 12.1. The largest absolute Gasteiger partial charge is 0.466 e. The first kappa shape index (κ1) is 19.9. The number of likely N-dealkylation sites (tertiary alicyclic amines) is 1. The summed E-state index contributed by atoms with van der Waals surface area (Å²) in [6.07, 6.45) is 7.33. The van der Waals surface area contributed by atoms with Gasteiger partial charge in [-0.25, -0.2) is 9.97 Å². The minimum absolute atomic E-state index is 0.0911. The number of piperidine rings is 1. The topological polar surface area (TPSA) is 84.6 Å². The van der Waals surface area contributed by atoms with Gasteiger partial charge >= 0.3 is 5.97 Å². The predicted molar refractivity (Wildman–Crippen MR) is 107 cm³/mol. The molecule has 1 fully saturated rings. The van der Waals surface area contributed by atoms with E-state index in [-0.39, 0.29) is 11.9 Å². The molecule has 8 heteroatoms. The molecule has 0 aromatic carbocycles. The van der Waals surface area contributed by atoms with Gasteiger partial charge in [0.2, 0.25) is 0 Å². The molecule has 1 unspecified atom stereocenters. The molecule has 1 aliphatic heterocycles. The van der Waals surface area contributed by atoms with Crippen LogP contribution in [-0.2, 0) is 16.1 Å². The quantitative estimate of drug-likeness (QED) is 0.482. The number of nitrogens with zero attached hydrogens (tertiary/aromatic N) is 5. The van der Waals surface area contributed by atoms with Crippen molar-refractivity contribution in [3.05, 3.63) is 42.1 Å². The molecule has 2 aromatic heterocycles. The second kappa shape index (κ2) is 9.34. The normalized spacial score (nSPS) is 17.5. The molecule has 3 rings (SSSR count). The Morgan fingerprint density at radius 3 is 2.89 bits per heavy atom. The van der Waals surface area contributed by atoms with Gasteiger partial charge in [-0.05, 0) is 38.3 Å². The lowest BCUT2D eigenvalue weighted by Crippen LogP contribution is -2.48. The Bertz CT molecular complexity index is 814. The van der Waals surface area contributed by atoms with Gasteiger partial charge in [0.05, 0.1) is 12.5 Å². The van der Waals surface area contributed by atoms with Crippen LogP contribution in [0.4, 0.5) is 0 Å². The van der Waals surface area contributed by atoms with Crippen LogP contribution in [0.1, 0.15) is 31.2 Å². The van der Waals surface area contributed by atoms with Crippen LogP contribution in [0.15, 0.2) is 35.7 Å². The van der Waals surface area contributed by atoms with Crippen LogP contribution in [0.2, 0.25) is 0 Å². The van der Waals surface area contributed by atoms with Crippen molar-refractivity contribution in [1.82, 2.24) is 24.8 Å². The Balaban J connectivity index is 1.58. The smallest absolute Gasteiger partial charge is 0.310 e. The van der Waals surface area contributed by atoms with Gasteiger partial charge in [-0.15, -0.1) is 0 Å². The number of pyridine rings is 1. The van der Waals surface area contributed by atoms with Gasteiger partial charge in [-0.3, -0.25) is 14.4 Å². The maximum Gasteiger partial charge on any atom is 0.310 e. The lowest BCUT2D eigenvalue weighted by atomic mass is 9.98. The molecule has 2 aromatic rings. The van der Waals surface area contributed by atoms with Crippen molar-refractivity contribution in [2.75, 3.05) is 26.7 Å². The molecule has 1 atom stereocenters. The SMILES string of the molecule is CCOC(=O)C1CCCN(C(=NC)NCc2ccc(-n3ccnc3C)nc2)C1. The highest BCUT2D eigenvalue weighted by molar-refractivity contribution is 5.81. The number of nitrogens with one attached hydrogen (secondary N) is 1. The molecule has 150 valence electrons. The highest BCUT2D eigenvalue weighted by Crippen LogP contribution is 2.18. The van der Waals surface area contributed by atoms with Gasteiger partial charge in [0.25, 0.3) is 0 Å². The van der Waals surface area contributed by atoms with E-state index in [4.69, 9.17) is 4.74 Å². The molecule has 0 bridgehead atoms. The summed E-state index contributed by atoms with van der Waals surface area (Å²) in [7, 11) is 1.76. The first-order valence-electron chi connectivity index (χ1n) is 9.69. The first-order chi connectivity index (χ1) is 13.6. The number of hydrogen-bond donors (Lipinski definition) is 1. The van der Waals surface area contributed by atoms with E-state index in [1.807, 2.05) is 42.9 Å². The summed E-state index contributed by atoms with van der Waals surface area (Å²) in [5, 5.41) is 3.38. The third-order valence-electron chi connectivity index (χ3n) is 4.88. The van der Waals surface area contributed by atoms with Crippen molar-refractivity contribution in [1.29, 1.82) is 0 Å². The Labute approximate surface area is 165 Å². The van der Waals surface area contributed by atoms with Crippen molar-refractivity contribution in [2.45, 2.75) is 33.2 Å². The fraction of sp³-hybridized carbons (Fsp3) is 0.500. The monoisotopic (exact) mass is 384 g/mol. The summed E-state index contributed by atoms with van der Waals surface area (Å²) in [5.74, 6) is 2.34. The zero-order chi connectivity index (χ0) is 19.9. The summed E-state index contributed by atoms with van der Waals surface area (Å²) in [4.78, 5) is 27.3. The Hall–Kier alpha value is -2.90. The third-order valence-corrected chi connectivity index (χ3v) is 4.88. The van der Waals surface area contributed by atoms with E-state index in [9.17, 15) is 4.79 Å². The number of esters is 1. The second-order valence-electron chi connectivity index (χ2n) is 6.81. The zero-order valence-corrected chi connectivity index (χ0v) is 16.8. The van der Waals surface area contributed by atoms with Crippen LogP contribution in [0, 0.1) is 12.8 Å². The fourth-order valence-corrected chi connectivity index (χ4v) is 3.42. The van der Waals surface area contributed by atoms with Gasteiger partial charge < -0.3 is 15.0 Å². The molecule has 1 aliphatic rings. The number of aliphatic imine (C=N–C) groups is 1. The molecule has 0 aliphatic carbocycles. The molecule has 3 heterocycles. The van der Waals surface area contributed by atoms with Crippen LogP contribution in [0.25, 0.3) is 5.82 Å². The van der Waals surface area contributed by atoms with Gasteiger partial charge in [0.15, 0.2) is 5.96 Å². The lowest BCUT2D eigenvalue weighted by molar-refractivity contribution is -0.149. The highest BCUT2D eigenvalue weighted by atomic mass is 16.5. The van der Waals surface area contributed by atoms with E-state index in [0.29, 0.717) is 19.7 Å². The van der Waals surface area contributed by atoms with Crippen molar-refractivity contribution in [3.63, 3.8) is 0 Å². The minimum atomic E-state index is -0.114. The maximum absolute atomic E-state index is 12.1. The highest BCUT2D eigenvalue weighted by Gasteiger charge is 2.28. The number of ether oxygens (including phenoxy) is 1. The number of hydrogen-bond acceptors (Lipinski definition) is 5. The van der Waals surface area contributed by atoms with E-state index in [2.05, 4.69) is 25.2 Å². The van der Waals surface area contributed by atoms with Gasteiger partial charge in [0, 0.05) is 45.3 Å².